The molecule has 0 bridgehead atoms. The summed E-state index contributed by atoms with van der Waals surface area (Å²) < 4.78 is 6.05. The Morgan fingerprint density at radius 3 is 3.05 bits per heavy atom. The van der Waals surface area contributed by atoms with Crippen molar-refractivity contribution in [3.05, 3.63) is 35.9 Å². The maximum atomic E-state index is 10.4. The Labute approximate surface area is 123 Å². The molecule has 4 aliphatic rings. The van der Waals surface area contributed by atoms with E-state index in [2.05, 4.69) is 18.5 Å². The summed E-state index contributed by atoms with van der Waals surface area (Å²) in [7, 11) is 2.19. The summed E-state index contributed by atoms with van der Waals surface area (Å²) >= 11 is 0. The van der Waals surface area contributed by atoms with Crippen LogP contribution < -0.4 is 4.74 Å². The second kappa shape index (κ2) is 3.45. The highest BCUT2D eigenvalue weighted by molar-refractivity contribution is 5.63. The van der Waals surface area contributed by atoms with Gasteiger partial charge in [0, 0.05) is 29.0 Å². The minimum atomic E-state index is -0.699. The molecular weight excluding hydrogens is 266 g/mol. The van der Waals surface area contributed by atoms with Crippen LogP contribution in [0.4, 0.5) is 0 Å². The fourth-order valence-electron chi connectivity index (χ4n) is 5.54. The van der Waals surface area contributed by atoms with Gasteiger partial charge in [0.1, 0.15) is 12.2 Å². The molecule has 21 heavy (non-hydrogen) atoms. The summed E-state index contributed by atoms with van der Waals surface area (Å²) in [6.45, 7) is 3.72. The minimum absolute atomic E-state index is 0.128. The Balaban J connectivity index is 1.75. The highest BCUT2D eigenvalue weighted by atomic mass is 16.5. The lowest BCUT2D eigenvalue weighted by atomic mass is 9.41. The van der Waals surface area contributed by atoms with Crippen molar-refractivity contribution in [2.45, 2.75) is 42.5 Å². The molecule has 1 aromatic carbocycles. The van der Waals surface area contributed by atoms with Crippen molar-refractivity contribution in [3.8, 4) is 11.5 Å². The van der Waals surface area contributed by atoms with Gasteiger partial charge in [0.05, 0.1) is 0 Å². The third kappa shape index (κ3) is 1.07. The molecule has 1 spiro atoms. The number of phenolic OH excluding ortho intramolecular Hbond substituents is 1. The molecule has 6 atom stereocenters. The van der Waals surface area contributed by atoms with Crippen LogP contribution in [0.3, 0.4) is 0 Å². The lowest BCUT2D eigenvalue weighted by Gasteiger charge is -2.72. The smallest absolute Gasteiger partial charge is 0.165 e. The zero-order valence-corrected chi connectivity index (χ0v) is 12.0. The van der Waals surface area contributed by atoms with Crippen LogP contribution in [0.2, 0.25) is 0 Å². The van der Waals surface area contributed by atoms with Gasteiger partial charge in [-0.05, 0) is 31.5 Å². The molecule has 2 fully saturated rings. The highest BCUT2D eigenvalue weighted by Gasteiger charge is 2.75. The van der Waals surface area contributed by atoms with Gasteiger partial charge in [0.15, 0.2) is 11.5 Å². The van der Waals surface area contributed by atoms with E-state index < -0.39 is 6.10 Å². The van der Waals surface area contributed by atoms with Crippen LogP contribution in [-0.2, 0) is 11.8 Å². The van der Waals surface area contributed by atoms with Crippen molar-refractivity contribution in [2.24, 2.45) is 5.92 Å². The van der Waals surface area contributed by atoms with E-state index in [1.54, 1.807) is 12.1 Å². The number of likely N-dealkylation sites (N-methyl/N-ethyl adjacent to an activating group) is 1. The van der Waals surface area contributed by atoms with Gasteiger partial charge in [0.25, 0.3) is 0 Å². The average molecular weight is 285 g/mol. The zero-order valence-electron chi connectivity index (χ0n) is 12.0. The minimum Gasteiger partial charge on any atom is -0.504 e. The molecule has 2 heterocycles. The molecule has 0 aromatic heterocycles. The van der Waals surface area contributed by atoms with Gasteiger partial charge in [-0.15, -0.1) is 6.58 Å². The van der Waals surface area contributed by atoms with Crippen molar-refractivity contribution in [3.63, 3.8) is 0 Å². The summed E-state index contributed by atoms with van der Waals surface area (Å²) in [4.78, 5) is 2.46. The van der Waals surface area contributed by atoms with Gasteiger partial charge >= 0.3 is 0 Å². The first-order valence-electron chi connectivity index (χ1n) is 7.64. The molecule has 1 saturated carbocycles. The maximum Gasteiger partial charge on any atom is 0.165 e. The number of nitrogens with zero attached hydrogens (tertiary/aromatic N) is 1. The van der Waals surface area contributed by atoms with E-state index in [0.29, 0.717) is 23.8 Å². The molecule has 1 aromatic rings. The Morgan fingerprint density at radius 2 is 2.29 bits per heavy atom. The molecule has 0 unspecified atom stereocenters. The number of hydrogen-bond donors (Lipinski definition) is 2. The molecule has 2 N–H and O–H groups in total. The first kappa shape index (κ1) is 12.1. The van der Waals surface area contributed by atoms with Gasteiger partial charge in [-0.25, -0.2) is 0 Å². The van der Waals surface area contributed by atoms with E-state index in [4.69, 9.17) is 4.74 Å². The molecular formula is C17H19NO3. The van der Waals surface area contributed by atoms with Crippen LogP contribution in [0.15, 0.2) is 24.8 Å². The third-order valence-corrected chi connectivity index (χ3v) is 6.44. The molecule has 110 valence electrons. The van der Waals surface area contributed by atoms with Crippen LogP contribution in [-0.4, -0.2) is 46.5 Å². The van der Waals surface area contributed by atoms with Gasteiger partial charge in [-0.2, -0.15) is 0 Å². The largest absolute Gasteiger partial charge is 0.504 e. The lowest BCUT2D eigenvalue weighted by Crippen LogP contribution is -2.82. The third-order valence-electron chi connectivity index (χ3n) is 6.44. The number of benzene rings is 1. The number of rotatable bonds is 2. The van der Waals surface area contributed by atoms with E-state index in [1.165, 1.54) is 11.1 Å². The first-order chi connectivity index (χ1) is 10.1. The highest BCUT2D eigenvalue weighted by Crippen LogP contribution is 2.70. The fourth-order valence-corrected chi connectivity index (χ4v) is 5.54. The van der Waals surface area contributed by atoms with Gasteiger partial charge in [0.2, 0.25) is 0 Å². The quantitative estimate of drug-likeness (QED) is 0.802. The van der Waals surface area contributed by atoms with E-state index in [-0.39, 0.29) is 17.3 Å². The van der Waals surface area contributed by atoms with E-state index >= 15 is 0 Å². The Kier molecular flexibility index (Phi) is 1.98. The van der Waals surface area contributed by atoms with Crippen LogP contribution in [0.25, 0.3) is 0 Å². The molecule has 0 radical (unpaired) electrons. The van der Waals surface area contributed by atoms with Crippen LogP contribution in [0, 0.1) is 5.92 Å². The number of likely N-dealkylation sites (tertiary alicyclic amines) is 1. The Bertz CT molecular complexity index is 672. The van der Waals surface area contributed by atoms with Crippen LogP contribution in [0.5, 0.6) is 11.5 Å². The normalized spacial score (nSPS) is 43.0. The number of ether oxygens (including phenoxy) is 1. The molecule has 1 saturated heterocycles. The van der Waals surface area contributed by atoms with Gasteiger partial charge in [-0.3, -0.25) is 4.90 Å². The SMILES string of the molecule is C=C[C@H](O)[C@@H]1Oc2c(O)ccc3c2[C@@]12C[C@H]1[C@H]2[C@@H](C3)N1C. The maximum absolute atomic E-state index is 10.4. The second-order valence-electron chi connectivity index (χ2n) is 6.99. The van der Waals surface area contributed by atoms with Crippen molar-refractivity contribution >= 4 is 0 Å². The average Bonchev–Trinajstić information content (AvgIpc) is 2.82. The Morgan fingerprint density at radius 1 is 1.48 bits per heavy atom. The zero-order chi connectivity index (χ0) is 14.5. The first-order valence-corrected chi connectivity index (χ1v) is 7.64. The molecule has 4 nitrogen and oxygen atoms in total. The molecule has 2 aliphatic carbocycles. The Hall–Kier alpha value is -1.52. The monoisotopic (exact) mass is 285 g/mol. The summed E-state index contributed by atoms with van der Waals surface area (Å²) in [6.07, 6.45) is 2.57. The topological polar surface area (TPSA) is 52.9 Å². The van der Waals surface area contributed by atoms with Gasteiger partial charge < -0.3 is 14.9 Å². The number of aromatic hydroxyl groups is 1. The summed E-state index contributed by atoms with van der Waals surface area (Å²) in [5.74, 6) is 1.34. The van der Waals surface area contributed by atoms with Gasteiger partial charge in [-0.1, -0.05) is 12.1 Å². The second-order valence-corrected chi connectivity index (χ2v) is 6.99. The lowest BCUT2D eigenvalue weighted by molar-refractivity contribution is -0.202. The fraction of sp³-hybridized carbons (Fsp3) is 0.529. The summed E-state index contributed by atoms with van der Waals surface area (Å²) in [6, 6.07) is 4.88. The number of phenols is 1. The number of piperidine rings is 1. The molecule has 5 rings (SSSR count). The van der Waals surface area contributed by atoms with Crippen molar-refractivity contribution < 1.29 is 14.9 Å². The number of hydrogen-bond acceptors (Lipinski definition) is 4. The van der Waals surface area contributed by atoms with Crippen LogP contribution in [0.1, 0.15) is 17.5 Å². The predicted octanol–water partition coefficient (Wildman–Crippen LogP) is 1.20. The van der Waals surface area contributed by atoms with E-state index in [0.717, 1.165) is 12.8 Å². The van der Waals surface area contributed by atoms with Crippen LogP contribution >= 0.6 is 0 Å². The predicted molar refractivity (Wildman–Crippen MR) is 77.6 cm³/mol. The standard InChI is InChI=1S/C17H19NO3/c1-3-11(19)16-17-7-10-14(17)9(18(10)2)6-8-4-5-12(20)15(21-16)13(8)17/h3-5,9-11,14,16,19-20H,1,6-7H2,2H3/t9-,10+,11+,14-,16+,17-/m1/s1. The molecule has 0 amide bonds. The summed E-state index contributed by atoms with van der Waals surface area (Å²) in [5, 5.41) is 20.6. The van der Waals surface area contributed by atoms with E-state index in [1.807, 2.05) is 6.07 Å². The number of aliphatic hydroxyl groups is 1. The van der Waals surface area contributed by atoms with E-state index in [9.17, 15) is 10.2 Å². The van der Waals surface area contributed by atoms with Crippen molar-refractivity contribution in [2.75, 3.05) is 7.05 Å². The van der Waals surface area contributed by atoms with Crippen molar-refractivity contribution in [1.29, 1.82) is 0 Å². The molecule has 2 aliphatic heterocycles. The molecule has 4 heteroatoms. The number of aliphatic hydroxyl groups excluding tert-OH is 1. The summed E-state index contributed by atoms with van der Waals surface area (Å²) in [5.41, 5.74) is 2.31. The van der Waals surface area contributed by atoms with Crippen molar-refractivity contribution in [1.82, 2.24) is 4.90 Å².